The number of carbonyl (C=O) groups excluding carboxylic acids is 1. The van der Waals surface area contributed by atoms with Gasteiger partial charge in [0, 0.05) is 44.0 Å². The first-order chi connectivity index (χ1) is 13.9. The molecule has 1 saturated heterocycles. The van der Waals surface area contributed by atoms with Crippen molar-refractivity contribution < 1.29 is 17.6 Å². The molecule has 1 fully saturated rings. The molecular weight excluding hydrogens is 393 g/mol. The van der Waals surface area contributed by atoms with Crippen LogP contribution in [0.15, 0.2) is 48.5 Å². The largest absolute Gasteiger partial charge is 0.368 e. The SMILES string of the molecule is CCN(c1ccc(C(=O)N2CCN(c3ccc(F)cc3)CC2)cc1)S(=O)(=O)CC. The Balaban J connectivity index is 1.65. The number of nitrogens with zero attached hydrogens (tertiary/aromatic N) is 3. The third-order valence-corrected chi connectivity index (χ3v) is 7.02. The molecule has 8 heteroatoms. The van der Waals surface area contributed by atoms with Crippen molar-refractivity contribution in [2.45, 2.75) is 13.8 Å². The molecule has 0 unspecified atom stereocenters. The minimum atomic E-state index is -3.34. The average Bonchev–Trinajstić information content (AvgIpc) is 2.75. The van der Waals surface area contributed by atoms with Crippen molar-refractivity contribution in [1.29, 1.82) is 0 Å². The number of hydrogen-bond acceptors (Lipinski definition) is 4. The molecule has 2 aromatic rings. The van der Waals surface area contributed by atoms with Crippen molar-refractivity contribution >= 4 is 27.3 Å². The molecule has 2 aromatic carbocycles. The molecule has 1 heterocycles. The molecule has 0 spiro atoms. The van der Waals surface area contributed by atoms with E-state index in [1.807, 2.05) is 0 Å². The van der Waals surface area contributed by atoms with Crippen LogP contribution in [0.1, 0.15) is 24.2 Å². The molecule has 0 aliphatic carbocycles. The van der Waals surface area contributed by atoms with Crippen LogP contribution in [-0.4, -0.2) is 57.7 Å². The summed E-state index contributed by atoms with van der Waals surface area (Å²) in [7, 11) is -3.34. The number of anilines is 2. The molecule has 3 rings (SSSR count). The lowest BCUT2D eigenvalue weighted by atomic mass is 10.1. The van der Waals surface area contributed by atoms with E-state index in [4.69, 9.17) is 0 Å². The monoisotopic (exact) mass is 419 g/mol. The molecule has 156 valence electrons. The van der Waals surface area contributed by atoms with E-state index in [1.165, 1.54) is 16.4 Å². The number of piperazine rings is 1. The van der Waals surface area contributed by atoms with Gasteiger partial charge in [-0.25, -0.2) is 12.8 Å². The smallest absolute Gasteiger partial charge is 0.253 e. The van der Waals surface area contributed by atoms with Crippen LogP contribution in [0.25, 0.3) is 0 Å². The number of carbonyl (C=O) groups is 1. The van der Waals surface area contributed by atoms with Gasteiger partial charge in [0.25, 0.3) is 5.91 Å². The number of amides is 1. The average molecular weight is 420 g/mol. The fraction of sp³-hybridized carbons (Fsp3) is 0.381. The van der Waals surface area contributed by atoms with E-state index in [0.29, 0.717) is 44.0 Å². The summed E-state index contributed by atoms with van der Waals surface area (Å²) in [6, 6.07) is 13.1. The summed E-state index contributed by atoms with van der Waals surface area (Å²) >= 11 is 0. The second kappa shape index (κ2) is 8.82. The summed E-state index contributed by atoms with van der Waals surface area (Å²) in [5, 5.41) is 0. The number of rotatable bonds is 6. The maximum atomic E-state index is 13.1. The third-order valence-electron chi connectivity index (χ3n) is 5.15. The molecule has 1 aliphatic heterocycles. The second-order valence-corrected chi connectivity index (χ2v) is 9.05. The molecule has 29 heavy (non-hydrogen) atoms. The van der Waals surface area contributed by atoms with Crippen LogP contribution in [0.5, 0.6) is 0 Å². The zero-order chi connectivity index (χ0) is 21.0. The van der Waals surface area contributed by atoms with Crippen LogP contribution in [0.2, 0.25) is 0 Å². The molecule has 0 saturated carbocycles. The fourth-order valence-electron chi connectivity index (χ4n) is 3.47. The predicted octanol–water partition coefficient (Wildman–Crippen LogP) is 2.96. The van der Waals surface area contributed by atoms with Crippen molar-refractivity contribution in [2.75, 3.05) is 47.7 Å². The first-order valence-corrected chi connectivity index (χ1v) is 11.4. The number of sulfonamides is 1. The zero-order valence-corrected chi connectivity index (χ0v) is 17.5. The van der Waals surface area contributed by atoms with Gasteiger partial charge in [0.15, 0.2) is 0 Å². The fourth-order valence-corrected chi connectivity index (χ4v) is 4.62. The van der Waals surface area contributed by atoms with E-state index in [0.717, 1.165) is 5.69 Å². The molecule has 1 aliphatic rings. The lowest BCUT2D eigenvalue weighted by molar-refractivity contribution is 0.0747. The summed E-state index contributed by atoms with van der Waals surface area (Å²) in [5.41, 5.74) is 2.04. The second-order valence-electron chi connectivity index (χ2n) is 6.87. The first kappa shape index (κ1) is 21.1. The van der Waals surface area contributed by atoms with E-state index in [2.05, 4.69) is 4.90 Å². The molecule has 6 nitrogen and oxygen atoms in total. The van der Waals surface area contributed by atoms with Crippen LogP contribution in [0.3, 0.4) is 0 Å². The van der Waals surface area contributed by atoms with Crippen LogP contribution < -0.4 is 9.21 Å². The maximum absolute atomic E-state index is 13.1. The molecule has 1 amide bonds. The van der Waals surface area contributed by atoms with Crippen LogP contribution in [-0.2, 0) is 10.0 Å². The van der Waals surface area contributed by atoms with Crippen molar-refractivity contribution in [3.63, 3.8) is 0 Å². The standard InChI is InChI=1S/C21H26FN3O3S/c1-3-25(29(27,28)4-2)20-9-5-17(6-10-20)21(26)24-15-13-23(14-16-24)19-11-7-18(22)8-12-19/h5-12H,3-4,13-16H2,1-2H3. The minimum absolute atomic E-state index is 0.0276. The van der Waals surface area contributed by atoms with Gasteiger partial charge in [0.05, 0.1) is 11.4 Å². The number of hydrogen-bond donors (Lipinski definition) is 0. The highest BCUT2D eigenvalue weighted by molar-refractivity contribution is 7.92. The van der Waals surface area contributed by atoms with Crippen molar-refractivity contribution in [1.82, 2.24) is 4.90 Å². The molecule has 0 bridgehead atoms. The quantitative estimate of drug-likeness (QED) is 0.722. The minimum Gasteiger partial charge on any atom is -0.368 e. The van der Waals surface area contributed by atoms with E-state index in [9.17, 15) is 17.6 Å². The van der Waals surface area contributed by atoms with Gasteiger partial charge in [-0.05, 0) is 62.4 Å². The van der Waals surface area contributed by atoms with Gasteiger partial charge in [-0.3, -0.25) is 9.10 Å². The van der Waals surface area contributed by atoms with Crippen LogP contribution in [0, 0.1) is 5.82 Å². The summed E-state index contributed by atoms with van der Waals surface area (Å²) in [5.74, 6) is -0.309. The van der Waals surface area contributed by atoms with E-state index >= 15 is 0 Å². The summed E-state index contributed by atoms with van der Waals surface area (Å²) in [4.78, 5) is 16.7. The molecule has 0 aromatic heterocycles. The van der Waals surface area contributed by atoms with Gasteiger partial charge in [0.1, 0.15) is 5.82 Å². The van der Waals surface area contributed by atoms with E-state index < -0.39 is 10.0 Å². The number of benzene rings is 2. The summed E-state index contributed by atoms with van der Waals surface area (Å²) in [6.45, 7) is 6.23. The van der Waals surface area contributed by atoms with Crippen molar-refractivity contribution in [3.05, 3.63) is 59.9 Å². The Bertz CT molecular complexity index is 938. The van der Waals surface area contributed by atoms with Crippen molar-refractivity contribution in [2.24, 2.45) is 0 Å². The lowest BCUT2D eigenvalue weighted by Crippen LogP contribution is -2.48. The Morgan fingerprint density at radius 2 is 1.55 bits per heavy atom. The van der Waals surface area contributed by atoms with Gasteiger partial charge < -0.3 is 9.80 Å². The normalized spacial score (nSPS) is 14.7. The van der Waals surface area contributed by atoms with Gasteiger partial charge >= 0.3 is 0 Å². The highest BCUT2D eigenvalue weighted by Gasteiger charge is 2.23. The van der Waals surface area contributed by atoms with Gasteiger partial charge in [-0.2, -0.15) is 0 Å². The van der Waals surface area contributed by atoms with Crippen LogP contribution in [0.4, 0.5) is 15.8 Å². The van der Waals surface area contributed by atoms with E-state index in [1.54, 1.807) is 55.1 Å². The summed E-state index contributed by atoms with van der Waals surface area (Å²) in [6.07, 6.45) is 0. The summed E-state index contributed by atoms with van der Waals surface area (Å²) < 4.78 is 38.8. The molecule has 0 radical (unpaired) electrons. The van der Waals surface area contributed by atoms with E-state index in [-0.39, 0.29) is 17.5 Å². The lowest BCUT2D eigenvalue weighted by Gasteiger charge is -2.36. The zero-order valence-electron chi connectivity index (χ0n) is 16.7. The van der Waals surface area contributed by atoms with Gasteiger partial charge in [0.2, 0.25) is 10.0 Å². The molecular formula is C21H26FN3O3S. The molecule has 0 N–H and O–H groups in total. The highest BCUT2D eigenvalue weighted by atomic mass is 32.2. The number of halogens is 1. The Kier molecular flexibility index (Phi) is 6.42. The van der Waals surface area contributed by atoms with Crippen molar-refractivity contribution in [3.8, 4) is 0 Å². The third kappa shape index (κ3) is 4.70. The Morgan fingerprint density at radius 1 is 0.966 bits per heavy atom. The molecule has 0 atom stereocenters. The van der Waals surface area contributed by atoms with Gasteiger partial charge in [-0.1, -0.05) is 0 Å². The Labute approximate surface area is 171 Å². The first-order valence-electron chi connectivity index (χ1n) is 9.76. The topological polar surface area (TPSA) is 60.9 Å². The Morgan fingerprint density at radius 3 is 2.07 bits per heavy atom. The van der Waals surface area contributed by atoms with Crippen LogP contribution >= 0.6 is 0 Å². The predicted molar refractivity (Wildman–Crippen MR) is 113 cm³/mol. The van der Waals surface area contributed by atoms with Gasteiger partial charge in [-0.15, -0.1) is 0 Å². The maximum Gasteiger partial charge on any atom is 0.253 e. The Hall–Kier alpha value is -2.61. The highest BCUT2D eigenvalue weighted by Crippen LogP contribution is 2.21.